The van der Waals surface area contributed by atoms with E-state index in [-0.39, 0.29) is 19.1 Å². The van der Waals surface area contributed by atoms with E-state index in [0.717, 1.165) is 28.0 Å². The van der Waals surface area contributed by atoms with Gasteiger partial charge in [0.05, 0.1) is 6.61 Å². The number of amides is 1. The van der Waals surface area contributed by atoms with Gasteiger partial charge in [-0.25, -0.2) is 0 Å². The molecule has 1 atom stereocenters. The first-order valence-electron chi connectivity index (χ1n) is 8.15. The zero-order chi connectivity index (χ0) is 16.7. The smallest absolute Gasteiger partial charge is 0.252 e. The normalized spacial score (nSPS) is 19.7. The maximum atomic E-state index is 12.5. The largest absolute Gasteiger partial charge is 0.491 e. The molecular weight excluding hydrogens is 302 g/mol. The molecule has 0 spiro atoms. The van der Waals surface area contributed by atoms with Crippen LogP contribution in [-0.2, 0) is 11.3 Å². The van der Waals surface area contributed by atoms with Gasteiger partial charge < -0.3 is 15.2 Å². The molecule has 2 N–H and O–H groups in total. The van der Waals surface area contributed by atoms with E-state index < -0.39 is 0 Å². The number of aryl methyl sites for hydroxylation is 1. The number of hydrogen-bond acceptors (Lipinski definition) is 3. The molecule has 3 aliphatic carbocycles. The van der Waals surface area contributed by atoms with E-state index in [1.54, 1.807) is 0 Å². The molecule has 4 rings (SSSR count). The fourth-order valence-corrected chi connectivity index (χ4v) is 3.27. The lowest BCUT2D eigenvalue weighted by Crippen LogP contribution is -2.24. The Kier molecular flexibility index (Phi) is 3.62. The predicted molar refractivity (Wildman–Crippen MR) is 91.4 cm³/mol. The minimum atomic E-state index is -0.0346. The van der Waals surface area contributed by atoms with Gasteiger partial charge in [-0.05, 0) is 53.0 Å². The molecule has 0 heterocycles. The third-order valence-electron chi connectivity index (χ3n) is 4.57. The lowest BCUT2D eigenvalue weighted by molar-refractivity contribution is -0.117. The molecule has 1 aromatic rings. The summed E-state index contributed by atoms with van der Waals surface area (Å²) in [4.78, 5) is 12.5. The van der Waals surface area contributed by atoms with Gasteiger partial charge in [0, 0.05) is 18.0 Å². The molecular formula is C20H19NO3. The molecule has 0 aliphatic heterocycles. The number of aliphatic hydroxyl groups is 1. The second kappa shape index (κ2) is 5.80. The van der Waals surface area contributed by atoms with Crippen molar-refractivity contribution in [1.29, 1.82) is 0 Å². The molecule has 0 fully saturated rings. The third-order valence-corrected chi connectivity index (χ3v) is 4.57. The number of carbonyl (C=O) groups is 1. The summed E-state index contributed by atoms with van der Waals surface area (Å²) in [6, 6.07) is 5.80. The number of rotatable bonds is 6. The van der Waals surface area contributed by atoms with E-state index in [1.165, 1.54) is 11.1 Å². The van der Waals surface area contributed by atoms with Crippen molar-refractivity contribution in [1.82, 2.24) is 5.32 Å². The number of allylic oxidation sites excluding steroid dienone is 6. The summed E-state index contributed by atoms with van der Waals surface area (Å²) in [5.41, 5.74) is 6.46. The van der Waals surface area contributed by atoms with Gasteiger partial charge in [0.2, 0.25) is 0 Å². The quantitative estimate of drug-likeness (QED) is 0.845. The molecule has 24 heavy (non-hydrogen) atoms. The highest BCUT2D eigenvalue weighted by atomic mass is 16.5. The highest BCUT2D eigenvalue weighted by Crippen LogP contribution is 2.51. The third kappa shape index (κ3) is 2.59. The van der Waals surface area contributed by atoms with Crippen LogP contribution in [0.25, 0.3) is 0 Å². The van der Waals surface area contributed by atoms with Gasteiger partial charge in [-0.1, -0.05) is 24.3 Å². The molecule has 3 aliphatic rings. The SMILES string of the molecule is Cc1cc(CNC(=O)C2=CC=C3C2=CC2=CC23)ccc1OCCO. The first kappa shape index (κ1) is 15.0. The highest BCUT2D eigenvalue weighted by Gasteiger charge is 2.39. The first-order valence-corrected chi connectivity index (χ1v) is 8.15. The van der Waals surface area contributed by atoms with Crippen LogP contribution >= 0.6 is 0 Å². The van der Waals surface area contributed by atoms with Crippen LogP contribution in [0.4, 0.5) is 0 Å². The van der Waals surface area contributed by atoms with Crippen molar-refractivity contribution in [2.24, 2.45) is 5.92 Å². The molecule has 0 saturated carbocycles. The average molecular weight is 321 g/mol. The number of aliphatic hydroxyl groups excluding tert-OH is 1. The molecule has 0 aromatic heterocycles. The van der Waals surface area contributed by atoms with Crippen LogP contribution < -0.4 is 10.1 Å². The number of nitrogens with one attached hydrogen (secondary N) is 1. The zero-order valence-electron chi connectivity index (χ0n) is 13.5. The number of benzene rings is 1. The summed E-state index contributed by atoms with van der Waals surface area (Å²) in [6.45, 7) is 2.71. The van der Waals surface area contributed by atoms with Crippen molar-refractivity contribution >= 4 is 5.91 Å². The van der Waals surface area contributed by atoms with E-state index in [1.807, 2.05) is 31.2 Å². The number of carbonyl (C=O) groups excluding carboxylic acids is 1. The molecule has 4 heteroatoms. The van der Waals surface area contributed by atoms with Crippen molar-refractivity contribution < 1.29 is 14.6 Å². The van der Waals surface area contributed by atoms with Gasteiger partial charge in [0.15, 0.2) is 0 Å². The zero-order valence-corrected chi connectivity index (χ0v) is 13.5. The van der Waals surface area contributed by atoms with E-state index >= 15 is 0 Å². The molecule has 4 nitrogen and oxygen atoms in total. The van der Waals surface area contributed by atoms with Crippen molar-refractivity contribution in [3.05, 3.63) is 75.9 Å². The van der Waals surface area contributed by atoms with E-state index in [2.05, 4.69) is 23.5 Å². The Labute approximate surface area is 140 Å². The minimum absolute atomic E-state index is 0.00397. The first-order chi connectivity index (χ1) is 11.7. The van der Waals surface area contributed by atoms with Crippen molar-refractivity contribution in [3.63, 3.8) is 0 Å². The van der Waals surface area contributed by atoms with Crippen LogP contribution in [0.5, 0.6) is 5.75 Å². The van der Waals surface area contributed by atoms with Crippen LogP contribution in [0.3, 0.4) is 0 Å². The second-order valence-corrected chi connectivity index (χ2v) is 6.26. The summed E-state index contributed by atoms with van der Waals surface area (Å²) in [7, 11) is 0. The van der Waals surface area contributed by atoms with Gasteiger partial charge in [-0.15, -0.1) is 0 Å². The van der Waals surface area contributed by atoms with Gasteiger partial charge in [0.25, 0.3) is 5.91 Å². The summed E-state index contributed by atoms with van der Waals surface area (Å²) in [5.74, 6) is 1.19. The predicted octanol–water partition coefficient (Wildman–Crippen LogP) is 2.34. The van der Waals surface area contributed by atoms with Crippen molar-refractivity contribution in [2.45, 2.75) is 13.5 Å². The van der Waals surface area contributed by atoms with Gasteiger partial charge in [-0.2, -0.15) is 0 Å². The fraction of sp³-hybridized carbons (Fsp3) is 0.250. The Balaban J connectivity index is 1.37. The second-order valence-electron chi connectivity index (χ2n) is 6.26. The Morgan fingerprint density at radius 1 is 1.33 bits per heavy atom. The molecule has 1 unspecified atom stereocenters. The Morgan fingerprint density at radius 3 is 3.00 bits per heavy atom. The summed E-state index contributed by atoms with van der Waals surface area (Å²) < 4.78 is 5.44. The van der Waals surface area contributed by atoms with Crippen LogP contribution in [-0.4, -0.2) is 24.2 Å². The fourth-order valence-electron chi connectivity index (χ4n) is 3.27. The monoisotopic (exact) mass is 321 g/mol. The van der Waals surface area contributed by atoms with Gasteiger partial charge >= 0.3 is 0 Å². The van der Waals surface area contributed by atoms with Crippen molar-refractivity contribution in [2.75, 3.05) is 13.2 Å². The van der Waals surface area contributed by atoms with Crippen molar-refractivity contribution in [3.8, 4) is 5.75 Å². The Morgan fingerprint density at radius 2 is 2.21 bits per heavy atom. The Bertz CT molecular complexity index is 842. The maximum absolute atomic E-state index is 12.5. The van der Waals surface area contributed by atoms with Gasteiger partial charge in [0.1, 0.15) is 12.4 Å². The van der Waals surface area contributed by atoms with Crippen LogP contribution in [0.15, 0.2) is 64.8 Å². The van der Waals surface area contributed by atoms with E-state index in [0.29, 0.717) is 12.5 Å². The molecule has 0 bridgehead atoms. The topological polar surface area (TPSA) is 58.6 Å². The van der Waals surface area contributed by atoms with Gasteiger partial charge in [-0.3, -0.25) is 4.79 Å². The number of ether oxygens (including phenoxy) is 1. The maximum Gasteiger partial charge on any atom is 0.252 e. The van der Waals surface area contributed by atoms with Crippen LogP contribution in [0, 0.1) is 12.8 Å². The highest BCUT2D eigenvalue weighted by molar-refractivity contribution is 6.02. The van der Waals surface area contributed by atoms with Crippen LogP contribution in [0.1, 0.15) is 11.1 Å². The number of hydrogen-bond donors (Lipinski definition) is 2. The standard InChI is InChI=1S/C20H19NO3/c1-12-8-13(2-5-19(12)24-7-6-22)11-21-20(23)16-4-3-15-17-9-14(17)10-18(15)16/h2-5,8-10,17,22H,6-7,11H2,1H3,(H,21,23). The Hall–Kier alpha value is -2.59. The molecule has 122 valence electrons. The molecule has 0 radical (unpaired) electrons. The molecule has 1 aromatic carbocycles. The average Bonchev–Trinajstić information content (AvgIpc) is 3.06. The lowest BCUT2D eigenvalue weighted by atomic mass is 10.0. The lowest BCUT2D eigenvalue weighted by Gasteiger charge is -2.11. The molecule has 0 saturated heterocycles. The number of fused-ring (bicyclic) bond motifs is 3. The van der Waals surface area contributed by atoms with E-state index in [9.17, 15) is 4.79 Å². The molecule has 1 amide bonds. The minimum Gasteiger partial charge on any atom is -0.491 e. The van der Waals surface area contributed by atoms with Crippen LogP contribution in [0.2, 0.25) is 0 Å². The summed E-state index contributed by atoms with van der Waals surface area (Å²) >= 11 is 0. The van der Waals surface area contributed by atoms with E-state index in [4.69, 9.17) is 9.84 Å². The summed E-state index contributed by atoms with van der Waals surface area (Å²) in [6.07, 6.45) is 8.30. The summed E-state index contributed by atoms with van der Waals surface area (Å²) in [5, 5.41) is 11.8.